The molecular formula is C22H31IN4O2. The lowest BCUT2D eigenvalue weighted by Gasteiger charge is -2.21. The number of aliphatic imine (C=N–C) groups is 1. The smallest absolute Gasteiger partial charge is 0.191 e. The molecule has 29 heavy (non-hydrogen) atoms. The number of hydrogen-bond acceptors (Lipinski definition) is 4. The number of nitrogens with one attached hydrogen (secondary N) is 2. The van der Waals surface area contributed by atoms with Gasteiger partial charge in [0, 0.05) is 44.4 Å². The summed E-state index contributed by atoms with van der Waals surface area (Å²) in [5.74, 6) is 1.86. The van der Waals surface area contributed by atoms with Crippen LogP contribution < -0.4 is 15.5 Å². The molecule has 3 heterocycles. The van der Waals surface area contributed by atoms with Gasteiger partial charge in [-0.05, 0) is 43.5 Å². The Morgan fingerprint density at radius 3 is 2.79 bits per heavy atom. The Balaban J connectivity index is 0.00000240. The van der Waals surface area contributed by atoms with Crippen molar-refractivity contribution in [2.75, 3.05) is 37.7 Å². The first kappa shape index (κ1) is 22.0. The number of ether oxygens (including phenoxy) is 1. The maximum atomic E-state index is 5.73. The van der Waals surface area contributed by atoms with Crippen molar-refractivity contribution < 1.29 is 9.15 Å². The van der Waals surface area contributed by atoms with Crippen LogP contribution >= 0.6 is 24.0 Å². The van der Waals surface area contributed by atoms with Gasteiger partial charge in [0.25, 0.3) is 0 Å². The lowest BCUT2D eigenvalue weighted by Crippen LogP contribution is -2.45. The summed E-state index contributed by atoms with van der Waals surface area (Å²) in [7, 11) is 0. The highest BCUT2D eigenvalue weighted by Gasteiger charge is 2.23. The van der Waals surface area contributed by atoms with Crippen LogP contribution in [0.15, 0.2) is 58.1 Å². The summed E-state index contributed by atoms with van der Waals surface area (Å²) in [6, 6.07) is 14.9. The van der Waals surface area contributed by atoms with Gasteiger partial charge in [0.2, 0.25) is 0 Å². The number of hydrogen-bond donors (Lipinski definition) is 2. The summed E-state index contributed by atoms with van der Waals surface area (Å²) < 4.78 is 11.2. The van der Waals surface area contributed by atoms with E-state index < -0.39 is 0 Å². The van der Waals surface area contributed by atoms with Crippen LogP contribution in [0.1, 0.15) is 25.0 Å². The first-order chi connectivity index (χ1) is 13.9. The fourth-order valence-corrected chi connectivity index (χ4v) is 3.84. The van der Waals surface area contributed by atoms with E-state index in [1.165, 1.54) is 5.69 Å². The van der Waals surface area contributed by atoms with Gasteiger partial charge in [-0.1, -0.05) is 18.2 Å². The average molecular weight is 510 g/mol. The van der Waals surface area contributed by atoms with E-state index in [-0.39, 0.29) is 30.1 Å². The SMILES string of the molecule is I.c1ccc(N2CCC(NC(=NCC3CCCO3)NCCc3ccco3)C2)cc1. The standard InChI is InChI=1S/C22H30N4O2.HI/c1-2-6-19(7-3-1)26-13-11-18(17-26)25-22(24-16-21-9-5-15-28-21)23-12-10-20-8-4-14-27-20;/h1-4,6-8,14,18,21H,5,9-13,15-17H2,(H2,23,24,25);1H. The van der Waals surface area contributed by atoms with Crippen molar-refractivity contribution in [1.29, 1.82) is 0 Å². The van der Waals surface area contributed by atoms with Crippen LogP contribution in [0.2, 0.25) is 0 Å². The van der Waals surface area contributed by atoms with Gasteiger partial charge in [0.15, 0.2) is 5.96 Å². The largest absolute Gasteiger partial charge is 0.469 e. The van der Waals surface area contributed by atoms with Crippen molar-refractivity contribution >= 4 is 35.6 Å². The minimum atomic E-state index is 0. The van der Waals surface area contributed by atoms with Crippen LogP contribution in [0.4, 0.5) is 5.69 Å². The molecule has 0 saturated carbocycles. The Morgan fingerprint density at radius 1 is 1.14 bits per heavy atom. The first-order valence-electron chi connectivity index (χ1n) is 10.4. The second kappa shape index (κ2) is 11.4. The lowest BCUT2D eigenvalue weighted by atomic mass is 10.2. The maximum absolute atomic E-state index is 5.73. The van der Waals surface area contributed by atoms with Gasteiger partial charge in [-0.15, -0.1) is 24.0 Å². The molecule has 2 aromatic rings. The number of para-hydroxylation sites is 1. The van der Waals surface area contributed by atoms with E-state index in [4.69, 9.17) is 14.1 Å². The highest BCUT2D eigenvalue weighted by Crippen LogP contribution is 2.19. The molecule has 2 saturated heterocycles. The normalized spacial score (nSPS) is 21.8. The molecule has 2 aliphatic rings. The molecule has 0 amide bonds. The monoisotopic (exact) mass is 510 g/mol. The Hall–Kier alpha value is -1.74. The van der Waals surface area contributed by atoms with E-state index in [2.05, 4.69) is 45.9 Å². The van der Waals surface area contributed by atoms with Gasteiger partial charge < -0.3 is 24.7 Å². The summed E-state index contributed by atoms with van der Waals surface area (Å²) in [5.41, 5.74) is 1.29. The second-order valence-electron chi connectivity index (χ2n) is 7.49. The minimum absolute atomic E-state index is 0. The second-order valence-corrected chi connectivity index (χ2v) is 7.49. The van der Waals surface area contributed by atoms with Crippen molar-refractivity contribution in [2.24, 2.45) is 4.99 Å². The molecule has 4 rings (SSSR count). The Labute approximate surface area is 190 Å². The third-order valence-electron chi connectivity index (χ3n) is 5.37. The topological polar surface area (TPSA) is 62.0 Å². The van der Waals surface area contributed by atoms with E-state index >= 15 is 0 Å². The van der Waals surface area contributed by atoms with Crippen LogP contribution in [0, 0.1) is 0 Å². The Kier molecular flexibility index (Phi) is 8.67. The average Bonchev–Trinajstić information content (AvgIpc) is 3.49. The molecule has 2 unspecified atom stereocenters. The van der Waals surface area contributed by atoms with Crippen LogP contribution in [0.25, 0.3) is 0 Å². The predicted octanol–water partition coefficient (Wildman–Crippen LogP) is 3.43. The van der Waals surface area contributed by atoms with Crippen molar-refractivity contribution in [3.63, 3.8) is 0 Å². The number of rotatable bonds is 7. The van der Waals surface area contributed by atoms with Crippen LogP contribution in [-0.2, 0) is 11.2 Å². The maximum Gasteiger partial charge on any atom is 0.191 e. The van der Waals surface area contributed by atoms with Gasteiger partial charge >= 0.3 is 0 Å². The van der Waals surface area contributed by atoms with Gasteiger partial charge in [-0.2, -0.15) is 0 Å². The van der Waals surface area contributed by atoms with Crippen LogP contribution in [0.3, 0.4) is 0 Å². The summed E-state index contributed by atoms with van der Waals surface area (Å²) in [6.45, 7) is 4.42. The molecule has 2 fully saturated rings. The minimum Gasteiger partial charge on any atom is -0.469 e. The van der Waals surface area contributed by atoms with Crippen molar-refractivity contribution in [3.8, 4) is 0 Å². The molecule has 0 spiro atoms. The quantitative estimate of drug-likeness (QED) is 0.340. The van der Waals surface area contributed by atoms with Gasteiger partial charge in [0.1, 0.15) is 5.76 Å². The zero-order valence-electron chi connectivity index (χ0n) is 16.8. The molecule has 0 aliphatic carbocycles. The third kappa shape index (κ3) is 6.64. The fourth-order valence-electron chi connectivity index (χ4n) is 3.84. The van der Waals surface area contributed by atoms with E-state index in [1.807, 2.05) is 12.1 Å². The summed E-state index contributed by atoms with van der Waals surface area (Å²) in [6.07, 6.45) is 6.17. The van der Waals surface area contributed by atoms with E-state index in [1.54, 1.807) is 6.26 Å². The fraction of sp³-hybridized carbons (Fsp3) is 0.500. The van der Waals surface area contributed by atoms with Crippen molar-refractivity contribution in [3.05, 3.63) is 54.5 Å². The molecule has 6 nitrogen and oxygen atoms in total. The van der Waals surface area contributed by atoms with E-state index in [9.17, 15) is 0 Å². The summed E-state index contributed by atoms with van der Waals surface area (Å²) in [4.78, 5) is 7.23. The van der Waals surface area contributed by atoms with E-state index in [0.717, 1.165) is 63.6 Å². The number of benzene rings is 1. The molecule has 158 valence electrons. The zero-order chi connectivity index (χ0) is 19.0. The molecule has 1 aromatic heterocycles. The zero-order valence-corrected chi connectivity index (χ0v) is 19.1. The number of halogens is 1. The molecule has 0 radical (unpaired) electrons. The highest BCUT2D eigenvalue weighted by molar-refractivity contribution is 14.0. The Morgan fingerprint density at radius 2 is 2.03 bits per heavy atom. The highest BCUT2D eigenvalue weighted by atomic mass is 127. The number of nitrogens with zero attached hydrogens (tertiary/aromatic N) is 2. The lowest BCUT2D eigenvalue weighted by molar-refractivity contribution is 0.117. The van der Waals surface area contributed by atoms with Gasteiger partial charge in [0.05, 0.1) is 18.9 Å². The predicted molar refractivity (Wildman–Crippen MR) is 127 cm³/mol. The first-order valence-corrected chi connectivity index (χ1v) is 10.4. The third-order valence-corrected chi connectivity index (χ3v) is 5.37. The van der Waals surface area contributed by atoms with Crippen LogP contribution in [0.5, 0.6) is 0 Å². The molecule has 1 aromatic carbocycles. The van der Waals surface area contributed by atoms with Gasteiger partial charge in [-0.3, -0.25) is 4.99 Å². The molecule has 2 N–H and O–H groups in total. The molecule has 2 aliphatic heterocycles. The number of guanidine groups is 1. The van der Waals surface area contributed by atoms with Crippen molar-refractivity contribution in [2.45, 2.75) is 37.8 Å². The molecule has 0 bridgehead atoms. The molecular weight excluding hydrogens is 479 g/mol. The van der Waals surface area contributed by atoms with E-state index in [0.29, 0.717) is 12.6 Å². The molecule has 7 heteroatoms. The number of anilines is 1. The van der Waals surface area contributed by atoms with Crippen molar-refractivity contribution in [1.82, 2.24) is 10.6 Å². The Bertz CT molecular complexity index is 733. The molecule has 2 atom stereocenters. The number of furan rings is 1. The summed E-state index contributed by atoms with van der Waals surface area (Å²) in [5, 5.41) is 7.10. The van der Waals surface area contributed by atoms with Crippen LogP contribution in [-0.4, -0.2) is 50.9 Å². The summed E-state index contributed by atoms with van der Waals surface area (Å²) >= 11 is 0. The van der Waals surface area contributed by atoms with Gasteiger partial charge in [-0.25, -0.2) is 0 Å².